The first kappa shape index (κ1) is 14.8. The van der Waals surface area contributed by atoms with Crippen molar-refractivity contribution in [2.45, 2.75) is 32.7 Å². The summed E-state index contributed by atoms with van der Waals surface area (Å²) >= 11 is 0. The predicted octanol–water partition coefficient (Wildman–Crippen LogP) is 1.42. The van der Waals surface area contributed by atoms with Gasteiger partial charge in [-0.05, 0) is 13.8 Å². The van der Waals surface area contributed by atoms with E-state index in [4.69, 9.17) is 0 Å². The third kappa shape index (κ3) is 2.18. The summed E-state index contributed by atoms with van der Waals surface area (Å²) < 4.78 is 0. The van der Waals surface area contributed by atoms with Crippen LogP contribution in [0.5, 0.6) is 0 Å². The van der Waals surface area contributed by atoms with Gasteiger partial charge in [-0.3, -0.25) is 0 Å². The molecule has 0 aliphatic rings. The molecule has 0 radical (unpaired) electrons. The zero-order valence-corrected chi connectivity index (χ0v) is 12.0. The molecule has 0 N–H and O–H groups in total. The maximum atomic E-state index is 2.30. The lowest BCUT2D eigenvalue weighted by atomic mass is 10.0. The van der Waals surface area contributed by atoms with Gasteiger partial charge in [-0.15, -0.1) is 15.0 Å². The summed E-state index contributed by atoms with van der Waals surface area (Å²) in [5.74, 6) is 0. The summed E-state index contributed by atoms with van der Waals surface area (Å²) in [5, 5.41) is 6.72. The van der Waals surface area contributed by atoms with Crippen LogP contribution in [0.1, 0.15) is 27.2 Å². The molecule has 0 aliphatic carbocycles. The van der Waals surface area contributed by atoms with Crippen LogP contribution in [-0.2, 0) is 0 Å². The van der Waals surface area contributed by atoms with E-state index in [1.807, 2.05) is 0 Å². The van der Waals surface area contributed by atoms with Crippen LogP contribution in [0.2, 0.25) is 0 Å². The zero-order valence-electron chi connectivity index (χ0n) is 12.0. The van der Waals surface area contributed by atoms with Crippen LogP contribution in [0.15, 0.2) is 0 Å². The third-order valence-corrected chi connectivity index (χ3v) is 3.35. The summed E-state index contributed by atoms with van der Waals surface area (Å²) in [7, 11) is 12.7. The van der Waals surface area contributed by atoms with Crippen molar-refractivity contribution in [1.29, 1.82) is 0 Å². The van der Waals surface area contributed by atoms with Crippen molar-refractivity contribution >= 4 is 0 Å². The lowest BCUT2D eigenvalue weighted by Crippen LogP contribution is -2.78. The van der Waals surface area contributed by atoms with Crippen molar-refractivity contribution in [1.82, 2.24) is 15.0 Å². The summed E-state index contributed by atoms with van der Waals surface area (Å²) in [4.78, 5) is 0.712. The van der Waals surface area contributed by atoms with E-state index >= 15 is 0 Å². The van der Waals surface area contributed by atoms with Crippen molar-refractivity contribution < 1.29 is 4.81 Å². The first-order chi connectivity index (χ1) is 6.64. The van der Waals surface area contributed by atoms with E-state index in [0.29, 0.717) is 4.81 Å². The van der Waals surface area contributed by atoms with Crippen LogP contribution in [-0.4, -0.2) is 67.7 Å². The Morgan fingerprint density at radius 3 is 1.13 bits per heavy atom. The molecule has 0 heterocycles. The summed E-state index contributed by atoms with van der Waals surface area (Å²) in [6, 6.07) is 0. The van der Waals surface area contributed by atoms with Crippen LogP contribution in [0, 0.1) is 0 Å². The summed E-state index contributed by atoms with van der Waals surface area (Å²) in [6.07, 6.45) is 1.11. The van der Waals surface area contributed by atoms with Gasteiger partial charge in [0.25, 0.3) is 0 Å². The number of rotatable bonds is 5. The number of hydrogen-bond acceptors (Lipinski definition) is 3. The fourth-order valence-electron chi connectivity index (χ4n) is 2.91. The average molecular weight is 217 g/mol. The SMILES string of the molecule is CCC(C)(C)[N+](N(C)C)(N(C)C)N(C)C. The van der Waals surface area contributed by atoms with Crippen molar-refractivity contribution in [2.24, 2.45) is 0 Å². The molecule has 0 unspecified atom stereocenters. The zero-order chi connectivity index (χ0) is 12.4. The fraction of sp³-hybridized carbons (Fsp3) is 1.00. The smallest absolute Gasteiger partial charge is 0.122 e. The van der Waals surface area contributed by atoms with Gasteiger partial charge in [-0.2, -0.15) is 0 Å². The minimum Gasteiger partial charge on any atom is -0.122 e. The molecule has 4 heteroatoms. The van der Waals surface area contributed by atoms with Gasteiger partial charge in [-0.25, -0.2) is 0 Å². The maximum absolute atomic E-state index is 2.30. The van der Waals surface area contributed by atoms with Gasteiger partial charge in [0.2, 0.25) is 0 Å². The highest BCUT2D eigenvalue weighted by molar-refractivity contribution is 4.65. The Balaban J connectivity index is 5.53. The summed E-state index contributed by atoms with van der Waals surface area (Å²) in [5.41, 5.74) is 0.135. The molecule has 0 rings (SSSR count). The maximum Gasteiger partial charge on any atom is 0.149 e. The number of nitrogens with zero attached hydrogens (tertiary/aromatic N) is 4. The third-order valence-electron chi connectivity index (χ3n) is 3.35. The lowest BCUT2D eigenvalue weighted by molar-refractivity contribution is -1.23. The molecule has 0 fully saturated rings. The molecular formula is C11H29N4+. The van der Waals surface area contributed by atoms with E-state index in [1.165, 1.54) is 0 Å². The molecule has 0 aromatic rings. The molecule has 0 spiro atoms. The molecule has 0 amide bonds. The van der Waals surface area contributed by atoms with Gasteiger partial charge >= 0.3 is 0 Å². The van der Waals surface area contributed by atoms with Crippen LogP contribution < -0.4 is 0 Å². The molecule has 0 atom stereocenters. The highest BCUT2D eigenvalue weighted by Gasteiger charge is 2.51. The van der Waals surface area contributed by atoms with E-state index in [0.717, 1.165) is 6.42 Å². The van der Waals surface area contributed by atoms with Crippen LogP contribution >= 0.6 is 0 Å². The van der Waals surface area contributed by atoms with Gasteiger partial charge in [-0.1, -0.05) is 11.7 Å². The molecule has 0 aliphatic heterocycles. The Labute approximate surface area is 95.5 Å². The second kappa shape index (κ2) is 4.78. The highest BCUT2D eigenvalue weighted by atomic mass is 16.1. The topological polar surface area (TPSA) is 9.72 Å². The summed E-state index contributed by atoms with van der Waals surface area (Å²) in [6.45, 7) is 6.84. The first-order valence-corrected chi connectivity index (χ1v) is 5.57. The van der Waals surface area contributed by atoms with Crippen LogP contribution in [0.4, 0.5) is 0 Å². The quantitative estimate of drug-likeness (QED) is 0.509. The van der Waals surface area contributed by atoms with Gasteiger partial charge in [0.15, 0.2) is 0 Å². The predicted molar refractivity (Wildman–Crippen MR) is 65.7 cm³/mol. The molecule has 0 aromatic heterocycles. The van der Waals surface area contributed by atoms with E-state index in [-0.39, 0.29) is 5.54 Å². The molecule has 0 saturated heterocycles. The lowest BCUT2D eigenvalue weighted by Gasteiger charge is -2.56. The Bertz CT molecular complexity index is 175. The Morgan fingerprint density at radius 1 is 0.800 bits per heavy atom. The van der Waals surface area contributed by atoms with Crippen molar-refractivity contribution in [3.05, 3.63) is 0 Å². The minimum absolute atomic E-state index is 0.135. The molecule has 15 heavy (non-hydrogen) atoms. The largest absolute Gasteiger partial charge is 0.149 e. The van der Waals surface area contributed by atoms with Crippen molar-refractivity contribution in [2.75, 3.05) is 42.3 Å². The van der Waals surface area contributed by atoms with Gasteiger partial charge in [0.05, 0.1) is 0 Å². The van der Waals surface area contributed by atoms with Gasteiger partial charge < -0.3 is 0 Å². The van der Waals surface area contributed by atoms with Crippen molar-refractivity contribution in [3.8, 4) is 0 Å². The van der Waals surface area contributed by atoms with E-state index in [9.17, 15) is 0 Å². The van der Waals surface area contributed by atoms with Crippen LogP contribution in [0.25, 0.3) is 0 Å². The monoisotopic (exact) mass is 217 g/mol. The molecular weight excluding hydrogens is 188 g/mol. The average Bonchev–Trinajstić information content (AvgIpc) is 2.02. The Morgan fingerprint density at radius 2 is 1.07 bits per heavy atom. The molecule has 4 nitrogen and oxygen atoms in total. The van der Waals surface area contributed by atoms with E-state index < -0.39 is 0 Å². The molecule has 0 saturated carbocycles. The second-order valence-corrected chi connectivity index (χ2v) is 5.28. The molecule has 0 aromatic carbocycles. The second-order valence-electron chi connectivity index (χ2n) is 5.28. The minimum atomic E-state index is 0.135. The number of hydrogen-bond donors (Lipinski definition) is 0. The normalized spacial score (nSPS) is 14.4. The van der Waals surface area contributed by atoms with Gasteiger partial charge in [0.1, 0.15) is 5.54 Å². The fourth-order valence-corrected chi connectivity index (χ4v) is 2.91. The highest BCUT2D eigenvalue weighted by Crippen LogP contribution is 2.31. The molecule has 92 valence electrons. The Kier molecular flexibility index (Phi) is 4.73. The van der Waals surface area contributed by atoms with Crippen molar-refractivity contribution in [3.63, 3.8) is 0 Å². The van der Waals surface area contributed by atoms with E-state index in [1.54, 1.807) is 0 Å². The van der Waals surface area contributed by atoms with Gasteiger partial charge in [0, 0.05) is 48.7 Å². The Hall–Kier alpha value is -0.160. The van der Waals surface area contributed by atoms with Crippen LogP contribution in [0.3, 0.4) is 0 Å². The number of quaternary nitrogens is 1. The van der Waals surface area contributed by atoms with E-state index in [2.05, 4.69) is 78.1 Å². The first-order valence-electron chi connectivity index (χ1n) is 5.57. The molecule has 0 bridgehead atoms. The standard InChI is InChI=1S/C11H29N4/c1-10-11(2,3)15(12(4)5,13(6)7)14(8)9/h10H2,1-9H3/q+1.